The fraction of sp³-hybridized carbons (Fsp3) is 0.533. The van der Waals surface area contributed by atoms with Crippen LogP contribution in [0.15, 0.2) is 18.2 Å². The number of rotatable bonds is 4. The van der Waals surface area contributed by atoms with Crippen molar-refractivity contribution in [2.75, 3.05) is 11.9 Å². The fourth-order valence-electron chi connectivity index (χ4n) is 2.25. The van der Waals surface area contributed by atoms with Crippen molar-refractivity contribution in [3.63, 3.8) is 0 Å². The molecule has 1 aliphatic rings. The van der Waals surface area contributed by atoms with E-state index in [0.29, 0.717) is 0 Å². The first-order valence-corrected chi connectivity index (χ1v) is 6.88. The van der Waals surface area contributed by atoms with Gasteiger partial charge in [0.25, 0.3) is 0 Å². The van der Waals surface area contributed by atoms with E-state index in [0.717, 1.165) is 36.4 Å². The molecule has 1 atom stereocenters. The minimum absolute atomic E-state index is 0.0492. The van der Waals surface area contributed by atoms with Crippen molar-refractivity contribution < 1.29 is 9.53 Å². The van der Waals surface area contributed by atoms with Crippen molar-refractivity contribution >= 4 is 11.6 Å². The number of hydrogen-bond donors (Lipinski definition) is 2. The first kappa shape index (κ1) is 13.9. The number of benzene rings is 1. The highest BCUT2D eigenvalue weighted by molar-refractivity contribution is 5.95. The number of ether oxygens (including phenoxy) is 1. The number of anilines is 1. The van der Waals surface area contributed by atoms with Gasteiger partial charge in [-0.25, -0.2) is 0 Å². The van der Waals surface area contributed by atoms with Crippen LogP contribution in [-0.2, 0) is 4.79 Å². The molecule has 4 heteroatoms. The molecule has 0 spiro atoms. The van der Waals surface area contributed by atoms with Crippen LogP contribution in [0.3, 0.4) is 0 Å². The minimum Gasteiger partial charge on any atom is -0.491 e. The number of amides is 1. The van der Waals surface area contributed by atoms with Gasteiger partial charge in [0.05, 0.1) is 12.1 Å². The molecule has 0 aromatic heterocycles. The lowest BCUT2D eigenvalue weighted by atomic mass is 10.1. The van der Waals surface area contributed by atoms with Crippen molar-refractivity contribution in [3.05, 3.63) is 23.8 Å². The smallest absolute Gasteiger partial charge is 0.241 e. The Morgan fingerprint density at radius 2 is 2.26 bits per heavy atom. The largest absolute Gasteiger partial charge is 0.491 e. The molecule has 2 rings (SSSR count). The predicted octanol–water partition coefficient (Wildman–Crippen LogP) is 2.47. The van der Waals surface area contributed by atoms with Crippen LogP contribution in [0.5, 0.6) is 5.75 Å². The zero-order valence-electron chi connectivity index (χ0n) is 11.8. The van der Waals surface area contributed by atoms with Gasteiger partial charge < -0.3 is 15.4 Å². The van der Waals surface area contributed by atoms with Crippen molar-refractivity contribution in [1.82, 2.24) is 5.32 Å². The van der Waals surface area contributed by atoms with Crippen molar-refractivity contribution in [2.24, 2.45) is 0 Å². The van der Waals surface area contributed by atoms with Crippen LogP contribution in [0, 0.1) is 6.92 Å². The number of aryl methyl sites for hydroxylation is 1. The highest BCUT2D eigenvalue weighted by Crippen LogP contribution is 2.23. The number of hydrogen-bond acceptors (Lipinski definition) is 3. The van der Waals surface area contributed by atoms with Crippen LogP contribution in [0.4, 0.5) is 5.69 Å². The molecule has 1 fully saturated rings. The summed E-state index contributed by atoms with van der Waals surface area (Å²) in [5.74, 6) is 0.918. The lowest BCUT2D eigenvalue weighted by molar-refractivity contribution is -0.117. The predicted molar refractivity (Wildman–Crippen MR) is 76.6 cm³/mol. The lowest BCUT2D eigenvalue weighted by Gasteiger charge is -2.15. The van der Waals surface area contributed by atoms with Gasteiger partial charge in [0, 0.05) is 5.69 Å². The quantitative estimate of drug-likeness (QED) is 0.876. The zero-order valence-corrected chi connectivity index (χ0v) is 11.8. The summed E-state index contributed by atoms with van der Waals surface area (Å²) >= 11 is 0. The van der Waals surface area contributed by atoms with Crippen molar-refractivity contribution in [3.8, 4) is 5.75 Å². The Bertz CT molecular complexity index is 451. The van der Waals surface area contributed by atoms with Gasteiger partial charge in [-0.3, -0.25) is 4.79 Å². The molecule has 0 saturated carbocycles. The SMILES string of the molecule is Cc1cc(NC(=O)C2CCCN2)ccc1OC(C)C. The number of carbonyl (C=O) groups excluding carboxylic acids is 1. The summed E-state index contributed by atoms with van der Waals surface area (Å²) in [7, 11) is 0. The molecule has 1 amide bonds. The molecule has 4 nitrogen and oxygen atoms in total. The van der Waals surface area contributed by atoms with E-state index in [1.807, 2.05) is 39.0 Å². The maximum absolute atomic E-state index is 12.0. The molecule has 1 aliphatic heterocycles. The maximum atomic E-state index is 12.0. The highest BCUT2D eigenvalue weighted by atomic mass is 16.5. The number of carbonyl (C=O) groups is 1. The lowest BCUT2D eigenvalue weighted by Crippen LogP contribution is -2.35. The Morgan fingerprint density at radius 3 is 2.84 bits per heavy atom. The van der Waals surface area contributed by atoms with Gasteiger partial charge >= 0.3 is 0 Å². The maximum Gasteiger partial charge on any atom is 0.241 e. The standard InChI is InChI=1S/C15H22N2O2/c1-10(2)19-14-7-6-12(9-11(14)3)17-15(18)13-5-4-8-16-13/h6-7,9-10,13,16H,4-5,8H2,1-3H3,(H,17,18). The summed E-state index contributed by atoms with van der Waals surface area (Å²) in [5.41, 5.74) is 1.86. The second-order valence-electron chi connectivity index (χ2n) is 5.29. The monoisotopic (exact) mass is 262 g/mol. The fourth-order valence-corrected chi connectivity index (χ4v) is 2.25. The third kappa shape index (κ3) is 3.70. The molecule has 1 heterocycles. The van der Waals surface area contributed by atoms with Crippen LogP contribution in [0.25, 0.3) is 0 Å². The van der Waals surface area contributed by atoms with Crippen LogP contribution in [-0.4, -0.2) is 24.6 Å². The second kappa shape index (κ2) is 6.06. The van der Waals surface area contributed by atoms with Crippen molar-refractivity contribution in [1.29, 1.82) is 0 Å². The molecule has 0 bridgehead atoms. The summed E-state index contributed by atoms with van der Waals surface area (Å²) < 4.78 is 5.68. The van der Waals surface area contributed by atoms with E-state index in [9.17, 15) is 4.79 Å². The highest BCUT2D eigenvalue weighted by Gasteiger charge is 2.21. The Labute approximate surface area is 114 Å². The third-order valence-electron chi connectivity index (χ3n) is 3.18. The Balaban J connectivity index is 2.01. The van der Waals surface area contributed by atoms with Gasteiger partial charge in [-0.05, 0) is 63.9 Å². The first-order chi connectivity index (χ1) is 9.06. The minimum atomic E-state index is -0.0492. The average Bonchev–Trinajstić information content (AvgIpc) is 2.86. The molecule has 2 N–H and O–H groups in total. The summed E-state index contributed by atoms with van der Waals surface area (Å²) in [6.45, 7) is 6.92. The molecule has 1 saturated heterocycles. The third-order valence-corrected chi connectivity index (χ3v) is 3.18. The van der Waals surface area contributed by atoms with E-state index < -0.39 is 0 Å². The van der Waals surface area contributed by atoms with Gasteiger partial charge in [-0.1, -0.05) is 0 Å². The second-order valence-corrected chi connectivity index (χ2v) is 5.29. The van der Waals surface area contributed by atoms with Crippen LogP contribution >= 0.6 is 0 Å². The van der Waals surface area contributed by atoms with E-state index in [4.69, 9.17) is 4.74 Å². The van der Waals surface area contributed by atoms with Gasteiger partial charge in [0.2, 0.25) is 5.91 Å². The van der Waals surface area contributed by atoms with Gasteiger partial charge in [0.1, 0.15) is 5.75 Å². The summed E-state index contributed by atoms with van der Waals surface area (Å²) in [4.78, 5) is 12.0. The molecular weight excluding hydrogens is 240 g/mol. The van der Waals surface area contributed by atoms with Crippen molar-refractivity contribution in [2.45, 2.75) is 45.8 Å². The van der Waals surface area contributed by atoms with Gasteiger partial charge in [-0.15, -0.1) is 0 Å². The molecule has 1 unspecified atom stereocenters. The molecule has 0 radical (unpaired) electrons. The Kier molecular flexibility index (Phi) is 4.43. The van der Waals surface area contributed by atoms with Crippen LogP contribution < -0.4 is 15.4 Å². The molecule has 104 valence electrons. The molecule has 0 aliphatic carbocycles. The van der Waals surface area contributed by atoms with Crippen LogP contribution in [0.1, 0.15) is 32.3 Å². The normalized spacial score (nSPS) is 18.6. The first-order valence-electron chi connectivity index (χ1n) is 6.88. The topological polar surface area (TPSA) is 50.4 Å². The van der Waals surface area contributed by atoms with E-state index in [1.54, 1.807) is 0 Å². The summed E-state index contributed by atoms with van der Waals surface area (Å²) in [5, 5.41) is 6.14. The van der Waals surface area contributed by atoms with E-state index >= 15 is 0 Å². The average molecular weight is 262 g/mol. The van der Waals surface area contributed by atoms with Gasteiger partial charge in [-0.2, -0.15) is 0 Å². The Hall–Kier alpha value is -1.55. The number of nitrogens with one attached hydrogen (secondary N) is 2. The molecule has 1 aromatic rings. The molecular formula is C15H22N2O2. The summed E-state index contributed by atoms with van der Waals surface area (Å²) in [6.07, 6.45) is 2.14. The summed E-state index contributed by atoms with van der Waals surface area (Å²) in [6, 6.07) is 5.70. The van der Waals surface area contributed by atoms with E-state index in [2.05, 4.69) is 10.6 Å². The van der Waals surface area contributed by atoms with Crippen LogP contribution in [0.2, 0.25) is 0 Å². The molecule has 19 heavy (non-hydrogen) atoms. The molecule has 1 aromatic carbocycles. The zero-order chi connectivity index (χ0) is 13.8. The van der Waals surface area contributed by atoms with E-state index in [-0.39, 0.29) is 18.1 Å². The van der Waals surface area contributed by atoms with Gasteiger partial charge in [0.15, 0.2) is 0 Å². The van der Waals surface area contributed by atoms with E-state index in [1.165, 1.54) is 0 Å². The Morgan fingerprint density at radius 1 is 1.47 bits per heavy atom.